The molecule has 2 saturated heterocycles. The molecule has 0 spiro atoms. The van der Waals surface area contributed by atoms with Gasteiger partial charge in [0, 0.05) is 11.5 Å². The Morgan fingerprint density at radius 1 is 1.00 bits per heavy atom. The number of aliphatic hydroxyl groups excluding tert-OH is 5. The van der Waals surface area contributed by atoms with E-state index >= 15 is 0 Å². The first kappa shape index (κ1) is 23.4. The quantitative estimate of drug-likeness (QED) is 0.129. The summed E-state index contributed by atoms with van der Waals surface area (Å²) in [5, 5.41) is 52.3. The van der Waals surface area contributed by atoms with Gasteiger partial charge in [-0.25, -0.2) is 0 Å². The summed E-state index contributed by atoms with van der Waals surface area (Å²) >= 11 is 0. The summed E-state index contributed by atoms with van der Waals surface area (Å²) in [5.41, 5.74) is 8.17. The molecular formula is C13H21N3O11. The molecule has 0 saturated carbocycles. The zero-order valence-electron chi connectivity index (χ0n) is 14.0. The smallest absolute Gasteiger partial charge is 0.373 e. The van der Waals surface area contributed by atoms with Crippen LogP contribution in [0.3, 0.4) is 0 Å². The summed E-state index contributed by atoms with van der Waals surface area (Å²) < 4.78 is 20.8. The Hall–Kier alpha value is -1.67. The summed E-state index contributed by atoms with van der Waals surface area (Å²) in [6, 6.07) is 0. The van der Waals surface area contributed by atoms with Crippen LogP contribution in [0.25, 0.3) is 10.4 Å². The summed E-state index contributed by atoms with van der Waals surface area (Å²) in [5.74, 6) is 0. The Morgan fingerprint density at radius 2 is 1.59 bits per heavy atom. The highest BCUT2D eigenvalue weighted by molar-refractivity contribution is 5.20. The Balaban J connectivity index is 0.00000114. The molecule has 2 unspecified atom stereocenters. The van der Waals surface area contributed by atoms with Crippen molar-refractivity contribution in [2.24, 2.45) is 5.11 Å². The summed E-state index contributed by atoms with van der Waals surface area (Å²) in [4.78, 5) is 18.8. The first-order chi connectivity index (χ1) is 12.9. The van der Waals surface area contributed by atoms with E-state index in [0.717, 1.165) is 0 Å². The monoisotopic (exact) mass is 395 g/mol. The van der Waals surface area contributed by atoms with E-state index in [1.165, 1.54) is 0 Å². The fourth-order valence-electron chi connectivity index (χ4n) is 2.40. The molecule has 0 aliphatic carbocycles. The largest absolute Gasteiger partial charge is 0.388 e. The van der Waals surface area contributed by atoms with Crippen molar-refractivity contribution < 1.29 is 54.1 Å². The van der Waals surface area contributed by atoms with E-state index in [1.54, 1.807) is 0 Å². The molecule has 154 valence electrons. The van der Waals surface area contributed by atoms with Gasteiger partial charge < -0.3 is 44.5 Å². The molecule has 2 heterocycles. The van der Waals surface area contributed by atoms with Crippen molar-refractivity contribution in [1.29, 1.82) is 0 Å². The second kappa shape index (κ2) is 11.9. The lowest BCUT2D eigenvalue weighted by molar-refractivity contribution is -0.334. The maximum Gasteiger partial charge on any atom is 0.373 e. The van der Waals surface area contributed by atoms with Gasteiger partial charge in [0.1, 0.15) is 36.6 Å². The summed E-state index contributed by atoms with van der Waals surface area (Å²) in [6.07, 6.45) is -10.4. The number of ether oxygens (including phenoxy) is 4. The third-order valence-corrected chi connectivity index (χ3v) is 3.71. The number of nitrogens with zero attached hydrogens (tertiary/aromatic N) is 3. The normalized spacial score (nSPS) is 38.7. The second-order valence-electron chi connectivity index (χ2n) is 5.52. The molecule has 8 atom stereocenters. The average molecular weight is 395 g/mol. The maximum absolute atomic E-state index is 10.2. The number of hydrogen-bond acceptors (Lipinski definition) is 12. The van der Waals surface area contributed by atoms with Crippen molar-refractivity contribution in [3.63, 3.8) is 0 Å². The lowest BCUT2D eigenvalue weighted by Crippen LogP contribution is -2.60. The fourth-order valence-corrected chi connectivity index (χ4v) is 2.40. The van der Waals surface area contributed by atoms with Crippen LogP contribution in [-0.4, -0.2) is 107 Å². The van der Waals surface area contributed by atoms with Crippen LogP contribution in [0.1, 0.15) is 0 Å². The van der Waals surface area contributed by atoms with E-state index in [9.17, 15) is 25.5 Å². The molecule has 2 aliphatic rings. The maximum atomic E-state index is 10.2. The van der Waals surface area contributed by atoms with Crippen molar-refractivity contribution in [3.05, 3.63) is 10.4 Å². The number of rotatable bonds is 6. The van der Waals surface area contributed by atoms with Crippen molar-refractivity contribution in [2.45, 2.75) is 49.2 Å². The molecule has 14 heteroatoms. The van der Waals surface area contributed by atoms with Gasteiger partial charge in [0.25, 0.3) is 0 Å². The molecule has 0 amide bonds. The fraction of sp³-hybridized carbons (Fsp3) is 0.923. The highest BCUT2D eigenvalue weighted by Crippen LogP contribution is 2.25. The first-order valence-corrected chi connectivity index (χ1v) is 7.78. The van der Waals surface area contributed by atoms with Crippen LogP contribution >= 0.6 is 0 Å². The molecule has 2 rings (SSSR count). The zero-order valence-corrected chi connectivity index (χ0v) is 14.0. The summed E-state index contributed by atoms with van der Waals surface area (Å²) in [7, 11) is 0. The minimum Gasteiger partial charge on any atom is -0.388 e. The minimum absolute atomic E-state index is 0.0118. The van der Waals surface area contributed by atoms with Gasteiger partial charge in [-0.15, -0.1) is 0 Å². The Morgan fingerprint density at radius 3 is 2.22 bits per heavy atom. The van der Waals surface area contributed by atoms with Gasteiger partial charge >= 0.3 is 6.15 Å². The SMILES string of the molecule is O=C=O.[N-]=[N+]=NCCO[C@@H]1OC[C@@H](O)[C@H](O[C@H]2OC[C@@H](O)[C@H](O)C2O)C1O. The Labute approximate surface area is 152 Å². The third-order valence-electron chi connectivity index (χ3n) is 3.71. The van der Waals surface area contributed by atoms with E-state index in [4.69, 9.17) is 34.1 Å². The molecule has 2 fully saturated rings. The molecule has 0 bridgehead atoms. The van der Waals surface area contributed by atoms with E-state index in [-0.39, 0.29) is 32.5 Å². The average Bonchev–Trinajstić information content (AvgIpc) is 2.64. The molecule has 0 aromatic rings. The molecule has 2 aliphatic heterocycles. The van der Waals surface area contributed by atoms with Crippen molar-refractivity contribution in [1.82, 2.24) is 0 Å². The highest BCUT2D eigenvalue weighted by atomic mass is 16.7. The zero-order chi connectivity index (χ0) is 20.4. The van der Waals surface area contributed by atoms with Gasteiger partial charge in [0.05, 0.1) is 19.8 Å². The first-order valence-electron chi connectivity index (χ1n) is 7.78. The van der Waals surface area contributed by atoms with Gasteiger partial charge in [-0.1, -0.05) is 5.11 Å². The van der Waals surface area contributed by atoms with E-state index in [2.05, 4.69) is 10.0 Å². The second-order valence-corrected chi connectivity index (χ2v) is 5.52. The highest BCUT2D eigenvalue weighted by Gasteiger charge is 2.45. The predicted molar refractivity (Wildman–Crippen MR) is 79.4 cm³/mol. The van der Waals surface area contributed by atoms with Crippen LogP contribution in [0.4, 0.5) is 0 Å². The number of carbonyl (C=O) groups excluding carboxylic acids is 2. The topological polar surface area (TPSA) is 221 Å². The molecule has 27 heavy (non-hydrogen) atoms. The van der Waals surface area contributed by atoms with Crippen LogP contribution in [-0.2, 0) is 28.5 Å². The standard InChI is InChI=1S/C12H21N3O9.CO2/c13-15-14-1-2-21-11-9(20)10(6(17)4-22-11)24-12-8(19)7(18)5(16)3-23-12;2-1-3/h5-12,16-20H,1-4H2;/t5-,6-,7+,8?,9?,10+,11-,12-;/m1./s1. The van der Waals surface area contributed by atoms with E-state index < -0.39 is 49.2 Å². The van der Waals surface area contributed by atoms with E-state index in [0.29, 0.717) is 0 Å². The van der Waals surface area contributed by atoms with Crippen LogP contribution in [0, 0.1) is 0 Å². The Bertz CT molecular complexity index is 526. The van der Waals surface area contributed by atoms with E-state index in [1.807, 2.05) is 0 Å². The van der Waals surface area contributed by atoms with Gasteiger partial charge in [0.15, 0.2) is 12.6 Å². The van der Waals surface area contributed by atoms with Gasteiger partial charge in [-0.05, 0) is 5.53 Å². The third kappa shape index (κ3) is 6.77. The van der Waals surface area contributed by atoms with Crippen LogP contribution in [0.5, 0.6) is 0 Å². The van der Waals surface area contributed by atoms with Crippen LogP contribution in [0.2, 0.25) is 0 Å². The minimum atomic E-state index is -1.56. The number of azide groups is 1. The molecular weight excluding hydrogens is 374 g/mol. The molecule has 5 N–H and O–H groups in total. The summed E-state index contributed by atoms with van der Waals surface area (Å²) in [6.45, 7) is -0.458. The number of hydrogen-bond donors (Lipinski definition) is 5. The Kier molecular flexibility index (Phi) is 10.3. The lowest BCUT2D eigenvalue weighted by Gasteiger charge is -2.42. The predicted octanol–water partition coefficient (Wildman–Crippen LogP) is -3.37. The number of aliphatic hydroxyl groups is 5. The molecule has 0 aromatic carbocycles. The molecule has 0 aromatic heterocycles. The van der Waals surface area contributed by atoms with Crippen molar-refractivity contribution >= 4 is 6.15 Å². The van der Waals surface area contributed by atoms with Gasteiger partial charge in [-0.2, -0.15) is 9.59 Å². The van der Waals surface area contributed by atoms with Gasteiger partial charge in [-0.3, -0.25) is 0 Å². The molecule has 0 radical (unpaired) electrons. The molecule has 14 nitrogen and oxygen atoms in total. The van der Waals surface area contributed by atoms with Crippen LogP contribution in [0.15, 0.2) is 5.11 Å². The van der Waals surface area contributed by atoms with Crippen molar-refractivity contribution in [2.75, 3.05) is 26.4 Å². The van der Waals surface area contributed by atoms with Gasteiger partial charge in [0.2, 0.25) is 0 Å². The lowest BCUT2D eigenvalue weighted by atomic mass is 10.0. The van der Waals surface area contributed by atoms with Crippen molar-refractivity contribution in [3.8, 4) is 0 Å². The van der Waals surface area contributed by atoms with Crippen LogP contribution < -0.4 is 0 Å².